The fraction of sp³-hybridized carbons (Fsp3) is 0.409. The number of hydrogen-bond acceptors (Lipinski definition) is 8. The molecular weight excluding hydrogens is 420 g/mol. The Kier molecular flexibility index (Phi) is 4.57. The van der Waals surface area contributed by atoms with Crippen LogP contribution in [0.5, 0.6) is 5.75 Å². The number of phenols is 1. The number of primary amides is 1. The number of quaternary nitrogens is 1. The molecule has 0 bridgehead atoms. The maximum absolute atomic E-state index is 13.7. The van der Waals surface area contributed by atoms with Crippen LogP contribution in [0.4, 0.5) is 0 Å². The standard InChI is InChI=1S/C22H24N2O8/c1-21(31)8-5-4-6-11(25)12(8)16(26)13-9(21)7-10-15(24(2)3)17(27)14(20(23)30)19(29)22(10,32)18(13)28/h4-6,9-10,15,25-26,29,31-32H,7H2,1-3H3,(H2,23,30)/p+1/t9-,10-,15-,21+,22-/m0/s1. The molecule has 8 N–H and O–H groups in total. The molecule has 3 aliphatic carbocycles. The molecular formula is C22H25N2O8+. The van der Waals surface area contributed by atoms with Crippen LogP contribution in [0.25, 0.3) is 5.76 Å². The molecule has 1 aromatic carbocycles. The largest absolute Gasteiger partial charge is 0.508 e. The van der Waals surface area contributed by atoms with E-state index in [4.69, 9.17) is 5.73 Å². The number of Topliss-reactive ketones (excluding diaryl/α,β-unsaturated/α-hetero) is 2. The fourth-order valence-corrected chi connectivity index (χ4v) is 5.60. The van der Waals surface area contributed by atoms with Crippen LogP contribution in [0.1, 0.15) is 24.5 Å². The minimum Gasteiger partial charge on any atom is -0.508 e. The third kappa shape index (κ3) is 2.48. The molecule has 10 nitrogen and oxygen atoms in total. The Hall–Kier alpha value is -3.21. The number of amides is 1. The number of ketones is 2. The van der Waals surface area contributed by atoms with Crippen LogP contribution in [-0.4, -0.2) is 68.7 Å². The number of aliphatic hydroxyl groups is 4. The van der Waals surface area contributed by atoms with Gasteiger partial charge in [0.05, 0.1) is 31.2 Å². The highest BCUT2D eigenvalue weighted by Gasteiger charge is 2.67. The zero-order chi connectivity index (χ0) is 23.9. The van der Waals surface area contributed by atoms with Gasteiger partial charge in [0.1, 0.15) is 22.8 Å². The second-order valence-electron chi connectivity index (χ2n) is 9.11. The van der Waals surface area contributed by atoms with Crippen molar-refractivity contribution in [2.45, 2.75) is 30.6 Å². The topological polar surface area (TPSA) is 183 Å². The summed E-state index contributed by atoms with van der Waals surface area (Å²) in [5.74, 6) is -7.76. The molecule has 1 fully saturated rings. The summed E-state index contributed by atoms with van der Waals surface area (Å²) in [7, 11) is 3.17. The maximum atomic E-state index is 13.7. The van der Waals surface area contributed by atoms with Crippen LogP contribution in [-0.2, 0) is 20.0 Å². The molecule has 32 heavy (non-hydrogen) atoms. The third-order valence-corrected chi connectivity index (χ3v) is 7.12. The molecule has 5 atom stereocenters. The normalized spacial score (nSPS) is 34.4. The van der Waals surface area contributed by atoms with Gasteiger partial charge in [0.25, 0.3) is 5.91 Å². The molecule has 1 saturated carbocycles. The highest BCUT2D eigenvalue weighted by molar-refractivity contribution is 6.24. The first-order valence-electron chi connectivity index (χ1n) is 10.1. The minimum atomic E-state index is -2.72. The first kappa shape index (κ1) is 22.0. The van der Waals surface area contributed by atoms with Crippen LogP contribution in [0.3, 0.4) is 0 Å². The van der Waals surface area contributed by atoms with Gasteiger partial charge in [-0.15, -0.1) is 0 Å². The van der Waals surface area contributed by atoms with E-state index in [1.165, 1.54) is 25.1 Å². The van der Waals surface area contributed by atoms with E-state index in [0.717, 1.165) is 0 Å². The summed E-state index contributed by atoms with van der Waals surface area (Å²) in [6.07, 6.45) is -0.179. The number of rotatable bonds is 2. The van der Waals surface area contributed by atoms with Crippen molar-refractivity contribution in [2.75, 3.05) is 14.1 Å². The van der Waals surface area contributed by atoms with Crippen molar-refractivity contribution in [3.05, 3.63) is 46.2 Å². The lowest BCUT2D eigenvalue weighted by molar-refractivity contribution is -0.880. The fourth-order valence-electron chi connectivity index (χ4n) is 5.60. The first-order valence-corrected chi connectivity index (χ1v) is 10.1. The van der Waals surface area contributed by atoms with Crippen LogP contribution < -0.4 is 10.6 Å². The van der Waals surface area contributed by atoms with E-state index in [1.807, 2.05) is 0 Å². The van der Waals surface area contributed by atoms with E-state index >= 15 is 0 Å². The zero-order valence-corrected chi connectivity index (χ0v) is 17.7. The van der Waals surface area contributed by atoms with Crippen molar-refractivity contribution in [3.63, 3.8) is 0 Å². The Morgan fingerprint density at radius 2 is 1.78 bits per heavy atom. The van der Waals surface area contributed by atoms with Crippen molar-refractivity contribution >= 4 is 23.2 Å². The summed E-state index contributed by atoms with van der Waals surface area (Å²) in [6, 6.07) is 3.11. The van der Waals surface area contributed by atoms with Gasteiger partial charge in [-0.3, -0.25) is 14.4 Å². The number of aliphatic hydroxyl groups excluding tert-OH is 2. The van der Waals surface area contributed by atoms with Crippen LogP contribution in [0, 0.1) is 11.8 Å². The van der Waals surface area contributed by atoms with Gasteiger partial charge in [-0.2, -0.15) is 0 Å². The number of benzene rings is 1. The maximum Gasteiger partial charge on any atom is 0.256 e. The average molecular weight is 445 g/mol. The quantitative estimate of drug-likeness (QED) is 0.260. The molecule has 170 valence electrons. The van der Waals surface area contributed by atoms with Gasteiger partial charge in [-0.05, 0) is 25.0 Å². The van der Waals surface area contributed by atoms with E-state index in [1.54, 1.807) is 14.1 Å². The monoisotopic (exact) mass is 445 g/mol. The molecule has 1 aromatic rings. The van der Waals surface area contributed by atoms with Gasteiger partial charge in [0, 0.05) is 11.5 Å². The Morgan fingerprint density at radius 3 is 2.34 bits per heavy atom. The van der Waals surface area contributed by atoms with Gasteiger partial charge in [0.2, 0.25) is 11.6 Å². The van der Waals surface area contributed by atoms with Crippen molar-refractivity contribution in [2.24, 2.45) is 17.6 Å². The van der Waals surface area contributed by atoms with Gasteiger partial charge >= 0.3 is 0 Å². The zero-order valence-electron chi connectivity index (χ0n) is 17.7. The summed E-state index contributed by atoms with van der Waals surface area (Å²) < 4.78 is 0. The highest BCUT2D eigenvalue weighted by atomic mass is 16.3. The van der Waals surface area contributed by atoms with Crippen molar-refractivity contribution in [3.8, 4) is 5.75 Å². The van der Waals surface area contributed by atoms with Gasteiger partial charge < -0.3 is 36.2 Å². The molecule has 10 heteroatoms. The summed E-state index contributed by atoms with van der Waals surface area (Å²) in [5.41, 5.74) is -0.466. The first-order chi connectivity index (χ1) is 14.8. The lowest BCUT2D eigenvalue weighted by atomic mass is 9.54. The molecule has 1 amide bonds. The van der Waals surface area contributed by atoms with Crippen molar-refractivity contribution < 1.29 is 44.8 Å². The number of carbonyl (C=O) groups excluding carboxylic acids is 3. The van der Waals surface area contributed by atoms with Gasteiger partial charge in [-0.25, -0.2) is 0 Å². The number of phenolic OH excluding ortho intramolecular Hbond substituents is 1. The number of likely N-dealkylation sites (N-methyl/N-ethyl adjacent to an activating group) is 1. The average Bonchev–Trinajstić information content (AvgIpc) is 2.68. The third-order valence-electron chi connectivity index (χ3n) is 7.12. The Morgan fingerprint density at radius 1 is 1.16 bits per heavy atom. The van der Waals surface area contributed by atoms with Crippen LogP contribution >= 0.6 is 0 Å². The van der Waals surface area contributed by atoms with Gasteiger partial charge in [-0.1, -0.05) is 12.1 Å². The molecule has 0 heterocycles. The number of aromatic hydroxyl groups is 1. The number of carbonyl (C=O) groups is 3. The molecule has 0 unspecified atom stereocenters. The van der Waals surface area contributed by atoms with Crippen LogP contribution in [0.2, 0.25) is 0 Å². The van der Waals surface area contributed by atoms with Gasteiger partial charge in [0.15, 0.2) is 11.6 Å². The number of fused-ring (bicyclic) bond motifs is 3. The number of hydrogen-bond donors (Lipinski definition) is 7. The number of nitrogens with one attached hydrogen (secondary N) is 1. The SMILES string of the molecule is C[NH+](C)[C@@H]1C(=O)C(C(N)=O)=C(O)[C@@]2(O)C(=O)C3=C(O)c4c(O)cccc4[C@@](C)(O)[C@H]3C[C@@H]12. The minimum absolute atomic E-state index is 0.167. The molecule has 0 aromatic heterocycles. The Bertz CT molecular complexity index is 1150. The Balaban J connectivity index is 2.05. The van der Waals surface area contributed by atoms with E-state index in [-0.39, 0.29) is 23.3 Å². The molecule has 4 rings (SSSR count). The second kappa shape index (κ2) is 6.64. The number of nitrogens with two attached hydrogens (primary N) is 1. The van der Waals surface area contributed by atoms with E-state index in [0.29, 0.717) is 4.90 Å². The van der Waals surface area contributed by atoms with Crippen molar-refractivity contribution in [1.82, 2.24) is 0 Å². The summed E-state index contributed by atoms with van der Waals surface area (Å²) >= 11 is 0. The molecule has 0 aliphatic heterocycles. The summed E-state index contributed by atoms with van der Waals surface area (Å²) in [5, 5.41) is 54.9. The predicted octanol–water partition coefficient (Wildman–Crippen LogP) is -1.79. The second-order valence-corrected chi connectivity index (χ2v) is 9.11. The van der Waals surface area contributed by atoms with Crippen molar-refractivity contribution in [1.29, 1.82) is 0 Å². The lowest BCUT2D eigenvalue weighted by Gasteiger charge is -2.51. The molecule has 0 radical (unpaired) electrons. The predicted molar refractivity (Wildman–Crippen MR) is 109 cm³/mol. The summed E-state index contributed by atoms with van der Waals surface area (Å²) in [6.45, 7) is 1.41. The summed E-state index contributed by atoms with van der Waals surface area (Å²) in [4.78, 5) is 39.1. The highest BCUT2D eigenvalue weighted by Crippen LogP contribution is 2.56. The van der Waals surface area contributed by atoms with E-state index in [2.05, 4.69) is 0 Å². The lowest BCUT2D eigenvalue weighted by Crippen LogP contribution is -3.13. The van der Waals surface area contributed by atoms with E-state index in [9.17, 15) is 39.9 Å². The van der Waals surface area contributed by atoms with Crippen LogP contribution in [0.15, 0.2) is 35.1 Å². The molecule has 0 saturated heterocycles. The van der Waals surface area contributed by atoms with E-state index < -0.39 is 69.2 Å². The molecule has 0 spiro atoms. The smallest absolute Gasteiger partial charge is 0.256 e. The molecule has 3 aliphatic rings. The Labute approximate surface area is 182 Å².